The fourth-order valence-corrected chi connectivity index (χ4v) is 3.06. The van der Waals surface area contributed by atoms with Gasteiger partial charge in [0.1, 0.15) is 12.7 Å². The fraction of sp³-hybridized carbons (Fsp3) is 0.692. The molecule has 2 atom stereocenters. The van der Waals surface area contributed by atoms with Crippen LogP contribution in [0.25, 0.3) is 0 Å². The summed E-state index contributed by atoms with van der Waals surface area (Å²) in [5.74, 6) is -0.0114. The summed E-state index contributed by atoms with van der Waals surface area (Å²) in [7, 11) is 1.75. The highest BCUT2D eigenvalue weighted by Crippen LogP contribution is 2.24. The SMILES string of the molecule is CN1C[C@@H](C(=O)N2CCC[C@@H](n3cncn3)C2)CC1=O. The number of hydrogen-bond acceptors (Lipinski definition) is 4. The van der Waals surface area contributed by atoms with Crippen molar-refractivity contribution < 1.29 is 9.59 Å². The molecule has 2 aliphatic heterocycles. The Kier molecular flexibility index (Phi) is 3.42. The second-order valence-electron chi connectivity index (χ2n) is 5.63. The molecule has 7 nitrogen and oxygen atoms in total. The smallest absolute Gasteiger partial charge is 0.228 e. The number of nitrogens with zero attached hydrogens (tertiary/aromatic N) is 5. The minimum atomic E-state index is -0.179. The Balaban J connectivity index is 1.65. The van der Waals surface area contributed by atoms with Gasteiger partial charge in [-0.15, -0.1) is 0 Å². The number of likely N-dealkylation sites (tertiary alicyclic amines) is 2. The Labute approximate surface area is 117 Å². The van der Waals surface area contributed by atoms with Crippen LogP contribution in [0, 0.1) is 5.92 Å². The lowest BCUT2D eigenvalue weighted by molar-refractivity contribution is -0.137. The van der Waals surface area contributed by atoms with Crippen molar-refractivity contribution in [1.82, 2.24) is 24.6 Å². The van der Waals surface area contributed by atoms with E-state index in [-0.39, 0.29) is 23.8 Å². The van der Waals surface area contributed by atoms with Gasteiger partial charge in [0.25, 0.3) is 0 Å². The zero-order chi connectivity index (χ0) is 14.1. The summed E-state index contributed by atoms with van der Waals surface area (Å²) in [5, 5.41) is 4.16. The van der Waals surface area contributed by atoms with Gasteiger partial charge >= 0.3 is 0 Å². The first-order chi connectivity index (χ1) is 9.65. The summed E-state index contributed by atoms with van der Waals surface area (Å²) >= 11 is 0. The van der Waals surface area contributed by atoms with Crippen molar-refractivity contribution in [1.29, 1.82) is 0 Å². The summed E-state index contributed by atoms with van der Waals surface area (Å²) in [5.41, 5.74) is 0. The summed E-state index contributed by atoms with van der Waals surface area (Å²) in [6, 6.07) is 0.199. The van der Waals surface area contributed by atoms with E-state index in [1.165, 1.54) is 6.33 Å². The molecule has 1 aromatic rings. The first kappa shape index (κ1) is 13.1. The topological polar surface area (TPSA) is 71.3 Å². The monoisotopic (exact) mass is 277 g/mol. The number of amides is 2. The van der Waals surface area contributed by atoms with Gasteiger partial charge in [0.2, 0.25) is 11.8 Å². The number of hydrogen-bond donors (Lipinski definition) is 0. The first-order valence-electron chi connectivity index (χ1n) is 7.02. The van der Waals surface area contributed by atoms with Gasteiger partial charge in [0.05, 0.1) is 12.0 Å². The van der Waals surface area contributed by atoms with Crippen molar-refractivity contribution in [3.05, 3.63) is 12.7 Å². The van der Waals surface area contributed by atoms with Crippen molar-refractivity contribution in [2.24, 2.45) is 5.92 Å². The van der Waals surface area contributed by atoms with Crippen LogP contribution < -0.4 is 0 Å². The van der Waals surface area contributed by atoms with Crippen LogP contribution in [0.3, 0.4) is 0 Å². The minimum Gasteiger partial charge on any atom is -0.345 e. The summed E-state index contributed by atoms with van der Waals surface area (Å²) in [6.45, 7) is 1.98. The number of carbonyl (C=O) groups excluding carboxylic acids is 2. The van der Waals surface area contributed by atoms with E-state index in [1.807, 2.05) is 9.58 Å². The lowest BCUT2D eigenvalue weighted by Gasteiger charge is -2.34. The molecule has 0 saturated carbocycles. The Bertz CT molecular complexity index is 501. The van der Waals surface area contributed by atoms with Gasteiger partial charge in [-0.3, -0.25) is 9.59 Å². The molecule has 20 heavy (non-hydrogen) atoms. The van der Waals surface area contributed by atoms with Gasteiger partial charge in [-0.25, -0.2) is 9.67 Å². The second-order valence-corrected chi connectivity index (χ2v) is 5.63. The molecule has 108 valence electrons. The molecule has 1 aromatic heterocycles. The summed E-state index contributed by atoms with van der Waals surface area (Å²) in [6.07, 6.45) is 5.54. The van der Waals surface area contributed by atoms with Gasteiger partial charge in [0.15, 0.2) is 0 Å². The molecule has 2 amide bonds. The maximum absolute atomic E-state index is 12.5. The predicted molar refractivity (Wildman–Crippen MR) is 70.6 cm³/mol. The Morgan fingerprint density at radius 3 is 2.90 bits per heavy atom. The zero-order valence-electron chi connectivity index (χ0n) is 11.6. The van der Waals surface area contributed by atoms with Crippen LogP contribution in [0.2, 0.25) is 0 Å². The molecule has 0 aliphatic carbocycles. The third-order valence-electron chi connectivity index (χ3n) is 4.21. The van der Waals surface area contributed by atoms with Crippen LogP contribution in [0.5, 0.6) is 0 Å². The highest BCUT2D eigenvalue weighted by molar-refractivity contribution is 5.89. The highest BCUT2D eigenvalue weighted by Gasteiger charge is 2.36. The van der Waals surface area contributed by atoms with Gasteiger partial charge < -0.3 is 9.80 Å². The van der Waals surface area contributed by atoms with Crippen LogP contribution in [0.4, 0.5) is 0 Å². The molecule has 0 radical (unpaired) electrons. The molecule has 2 saturated heterocycles. The van der Waals surface area contributed by atoms with E-state index in [0.717, 1.165) is 19.4 Å². The maximum atomic E-state index is 12.5. The van der Waals surface area contributed by atoms with Crippen LogP contribution in [0.15, 0.2) is 12.7 Å². The van der Waals surface area contributed by atoms with Crippen molar-refractivity contribution in [2.75, 3.05) is 26.7 Å². The number of carbonyl (C=O) groups is 2. The largest absolute Gasteiger partial charge is 0.345 e. The second kappa shape index (κ2) is 5.22. The van der Waals surface area contributed by atoms with Crippen molar-refractivity contribution in [3.63, 3.8) is 0 Å². The van der Waals surface area contributed by atoms with E-state index in [9.17, 15) is 9.59 Å². The van der Waals surface area contributed by atoms with Gasteiger partial charge in [-0.2, -0.15) is 5.10 Å². The molecular formula is C13H19N5O2. The van der Waals surface area contributed by atoms with Crippen molar-refractivity contribution in [2.45, 2.75) is 25.3 Å². The molecule has 7 heteroatoms. The van der Waals surface area contributed by atoms with Gasteiger partial charge in [-0.1, -0.05) is 0 Å². The summed E-state index contributed by atoms with van der Waals surface area (Å²) in [4.78, 5) is 31.5. The lowest BCUT2D eigenvalue weighted by atomic mass is 10.0. The van der Waals surface area contributed by atoms with E-state index in [4.69, 9.17) is 0 Å². The quantitative estimate of drug-likeness (QED) is 0.758. The first-order valence-corrected chi connectivity index (χ1v) is 7.02. The average Bonchev–Trinajstić information content (AvgIpc) is 3.09. The molecule has 0 N–H and O–H groups in total. The predicted octanol–water partition coefficient (Wildman–Crippen LogP) is -0.0801. The van der Waals surface area contributed by atoms with E-state index >= 15 is 0 Å². The van der Waals surface area contributed by atoms with Crippen LogP contribution in [-0.2, 0) is 9.59 Å². The normalized spacial score (nSPS) is 27.1. The van der Waals surface area contributed by atoms with Crippen LogP contribution in [0.1, 0.15) is 25.3 Å². The molecule has 0 unspecified atom stereocenters. The van der Waals surface area contributed by atoms with Crippen molar-refractivity contribution in [3.8, 4) is 0 Å². The number of piperidine rings is 1. The molecule has 0 spiro atoms. The molecule has 2 fully saturated rings. The molecule has 0 aromatic carbocycles. The number of aromatic nitrogens is 3. The Morgan fingerprint density at radius 1 is 1.40 bits per heavy atom. The van der Waals surface area contributed by atoms with Gasteiger partial charge in [0, 0.05) is 33.1 Å². The third kappa shape index (κ3) is 2.39. The van der Waals surface area contributed by atoms with E-state index in [2.05, 4.69) is 10.1 Å². The Hall–Kier alpha value is -1.92. The third-order valence-corrected chi connectivity index (χ3v) is 4.21. The van der Waals surface area contributed by atoms with Gasteiger partial charge in [-0.05, 0) is 12.8 Å². The molecule has 0 bridgehead atoms. The minimum absolute atomic E-state index is 0.0631. The molecule has 3 heterocycles. The average molecular weight is 277 g/mol. The zero-order valence-corrected chi connectivity index (χ0v) is 11.6. The highest BCUT2D eigenvalue weighted by atomic mass is 16.2. The van der Waals surface area contributed by atoms with E-state index in [1.54, 1.807) is 18.3 Å². The maximum Gasteiger partial charge on any atom is 0.228 e. The van der Waals surface area contributed by atoms with E-state index in [0.29, 0.717) is 19.5 Å². The van der Waals surface area contributed by atoms with Crippen LogP contribution >= 0.6 is 0 Å². The fourth-order valence-electron chi connectivity index (χ4n) is 3.06. The molecule has 2 aliphatic rings. The summed E-state index contributed by atoms with van der Waals surface area (Å²) < 4.78 is 1.82. The number of rotatable bonds is 2. The molecule has 3 rings (SSSR count). The van der Waals surface area contributed by atoms with E-state index < -0.39 is 0 Å². The standard InChI is InChI=1S/C13H19N5O2/c1-16-6-10(5-12(16)19)13(20)17-4-2-3-11(7-17)18-9-14-8-15-18/h8-11H,2-7H2,1H3/t10-,11+/m0/s1. The van der Waals surface area contributed by atoms with Crippen LogP contribution in [-0.4, -0.2) is 63.1 Å². The van der Waals surface area contributed by atoms with Crippen molar-refractivity contribution >= 4 is 11.8 Å². The Morgan fingerprint density at radius 2 is 2.25 bits per heavy atom. The lowest BCUT2D eigenvalue weighted by Crippen LogP contribution is -2.44. The molecular weight excluding hydrogens is 258 g/mol.